The predicted octanol–water partition coefficient (Wildman–Crippen LogP) is 1.70. The molecule has 154 valence electrons. The minimum absolute atomic E-state index is 0.0951. The van der Waals surface area contributed by atoms with Gasteiger partial charge in [0, 0.05) is 25.6 Å². The van der Waals surface area contributed by atoms with Gasteiger partial charge in [0.2, 0.25) is 11.8 Å². The highest BCUT2D eigenvalue weighted by molar-refractivity contribution is 7.86. The van der Waals surface area contributed by atoms with Gasteiger partial charge in [-0.15, -0.1) is 0 Å². The molecule has 1 saturated carbocycles. The van der Waals surface area contributed by atoms with E-state index in [0.29, 0.717) is 37.9 Å². The lowest BCUT2D eigenvalue weighted by Gasteiger charge is -2.31. The largest absolute Gasteiger partial charge is 0.282 e. The van der Waals surface area contributed by atoms with E-state index in [1.54, 1.807) is 6.92 Å². The van der Waals surface area contributed by atoms with Gasteiger partial charge in [-0.25, -0.2) is 0 Å². The maximum Gasteiger partial charge on any atom is 0.282 e. The van der Waals surface area contributed by atoms with Crippen LogP contribution in [-0.4, -0.2) is 65.5 Å². The molecule has 6 atom stereocenters. The Kier molecular flexibility index (Phi) is 5.72. The average molecular weight is 400 g/mol. The smallest absolute Gasteiger partial charge is 0.277 e. The highest BCUT2D eigenvalue weighted by atomic mass is 32.2. The molecule has 2 saturated heterocycles. The van der Waals surface area contributed by atoms with Crippen LogP contribution in [0.4, 0.5) is 0 Å². The summed E-state index contributed by atoms with van der Waals surface area (Å²) in [5.74, 6) is -0.291. The number of rotatable bonds is 7. The van der Waals surface area contributed by atoms with E-state index >= 15 is 0 Å². The van der Waals surface area contributed by atoms with Crippen LogP contribution in [0.2, 0.25) is 0 Å². The SMILES string of the molecule is CCCN(CCC)S(=O)(=O)N1CC[C@H]2[C@H]1[C@H](C)C(=O)N2C(=O)C1[C@@H](C)[C@H]1C. The lowest BCUT2D eigenvalue weighted by Crippen LogP contribution is -2.49. The van der Waals surface area contributed by atoms with E-state index in [0.717, 1.165) is 12.8 Å². The maximum absolute atomic E-state index is 13.3. The van der Waals surface area contributed by atoms with Crippen molar-refractivity contribution in [2.75, 3.05) is 19.6 Å². The molecule has 8 heteroatoms. The standard InChI is InChI=1S/C19H33N3O4S/c1-6-9-20(10-7-2)27(25,26)21-11-8-15-17(21)14(5)18(23)22(15)19(24)16-12(3)13(16)4/h12-17H,6-11H2,1-5H3/t12-,13+,14-,15-,16?,17+/m0/s1. The van der Waals surface area contributed by atoms with Gasteiger partial charge in [0.1, 0.15) is 0 Å². The van der Waals surface area contributed by atoms with Crippen LogP contribution in [-0.2, 0) is 19.8 Å². The summed E-state index contributed by atoms with van der Waals surface area (Å²) in [4.78, 5) is 27.2. The Hall–Kier alpha value is -0.990. The number of hydrogen-bond donors (Lipinski definition) is 0. The van der Waals surface area contributed by atoms with Crippen molar-refractivity contribution in [2.45, 2.75) is 66.0 Å². The topological polar surface area (TPSA) is 78.0 Å². The molecule has 1 aliphatic carbocycles. The molecule has 3 aliphatic rings. The third-order valence-electron chi connectivity index (χ3n) is 6.76. The molecule has 0 aromatic carbocycles. The number of amides is 2. The first-order chi connectivity index (χ1) is 12.7. The number of fused-ring (bicyclic) bond motifs is 1. The number of nitrogens with zero attached hydrogens (tertiary/aromatic N) is 3. The van der Waals surface area contributed by atoms with Gasteiger partial charge in [-0.2, -0.15) is 17.0 Å². The van der Waals surface area contributed by atoms with Crippen LogP contribution in [0.15, 0.2) is 0 Å². The van der Waals surface area contributed by atoms with Crippen LogP contribution >= 0.6 is 0 Å². The minimum atomic E-state index is -3.63. The lowest BCUT2D eigenvalue weighted by atomic mass is 10.0. The Morgan fingerprint density at radius 3 is 2.15 bits per heavy atom. The molecule has 0 bridgehead atoms. The number of carbonyl (C=O) groups excluding carboxylic acids is 2. The highest BCUT2D eigenvalue weighted by Gasteiger charge is 2.60. The van der Waals surface area contributed by atoms with E-state index in [2.05, 4.69) is 0 Å². The summed E-state index contributed by atoms with van der Waals surface area (Å²) >= 11 is 0. The second-order valence-electron chi connectivity index (χ2n) is 8.44. The van der Waals surface area contributed by atoms with Gasteiger partial charge in [0.15, 0.2) is 0 Å². The first kappa shape index (κ1) is 20.7. The number of hydrogen-bond acceptors (Lipinski definition) is 4. The maximum atomic E-state index is 13.3. The number of carbonyl (C=O) groups is 2. The lowest BCUT2D eigenvalue weighted by molar-refractivity contribution is -0.146. The van der Waals surface area contributed by atoms with E-state index in [9.17, 15) is 18.0 Å². The summed E-state index contributed by atoms with van der Waals surface area (Å²) in [6.45, 7) is 11.1. The Labute approximate surface area is 163 Å². The molecule has 1 unspecified atom stereocenters. The van der Waals surface area contributed by atoms with Gasteiger partial charge in [-0.05, 0) is 31.1 Å². The zero-order valence-corrected chi connectivity index (χ0v) is 17.9. The normalized spacial score (nSPS) is 36.5. The fraction of sp³-hybridized carbons (Fsp3) is 0.895. The van der Waals surface area contributed by atoms with Crippen molar-refractivity contribution in [3.8, 4) is 0 Å². The third kappa shape index (κ3) is 3.23. The molecule has 2 heterocycles. The minimum Gasteiger partial charge on any atom is -0.277 e. The van der Waals surface area contributed by atoms with Gasteiger partial charge in [0.05, 0.1) is 18.0 Å². The molecular weight excluding hydrogens is 366 g/mol. The Bertz CT molecular complexity index is 696. The van der Waals surface area contributed by atoms with Crippen LogP contribution in [0.5, 0.6) is 0 Å². The second kappa shape index (κ2) is 7.44. The summed E-state index contributed by atoms with van der Waals surface area (Å²) < 4.78 is 29.6. The van der Waals surface area contributed by atoms with Gasteiger partial charge in [0.25, 0.3) is 10.2 Å². The molecule has 0 aromatic heterocycles. The molecule has 3 rings (SSSR count). The fourth-order valence-corrected chi connectivity index (χ4v) is 7.06. The van der Waals surface area contributed by atoms with Crippen molar-refractivity contribution >= 4 is 22.0 Å². The summed E-state index contributed by atoms with van der Waals surface area (Å²) in [6.07, 6.45) is 2.03. The van der Waals surface area contributed by atoms with Crippen LogP contribution in [0, 0.1) is 23.7 Å². The number of likely N-dealkylation sites (tertiary alicyclic amines) is 1. The van der Waals surface area contributed by atoms with E-state index in [1.165, 1.54) is 13.5 Å². The summed E-state index contributed by atoms with van der Waals surface area (Å²) in [7, 11) is -3.63. The van der Waals surface area contributed by atoms with E-state index in [1.807, 2.05) is 27.7 Å². The zero-order valence-electron chi connectivity index (χ0n) is 17.1. The molecular formula is C19H33N3O4S. The Morgan fingerprint density at radius 2 is 1.67 bits per heavy atom. The molecule has 27 heavy (non-hydrogen) atoms. The fourth-order valence-electron chi connectivity index (χ4n) is 4.97. The average Bonchev–Trinajstić information content (AvgIpc) is 2.96. The van der Waals surface area contributed by atoms with Crippen molar-refractivity contribution in [3.05, 3.63) is 0 Å². The Balaban J connectivity index is 1.85. The molecule has 0 N–H and O–H groups in total. The van der Waals surface area contributed by atoms with E-state index in [-0.39, 0.29) is 23.8 Å². The van der Waals surface area contributed by atoms with Crippen LogP contribution in [0.25, 0.3) is 0 Å². The molecule has 0 radical (unpaired) electrons. The van der Waals surface area contributed by atoms with Crippen molar-refractivity contribution in [3.63, 3.8) is 0 Å². The molecule has 2 aliphatic heterocycles. The van der Waals surface area contributed by atoms with E-state index < -0.39 is 22.2 Å². The van der Waals surface area contributed by atoms with Crippen LogP contribution in [0.1, 0.15) is 53.9 Å². The van der Waals surface area contributed by atoms with Crippen molar-refractivity contribution in [1.82, 2.24) is 13.5 Å². The quantitative estimate of drug-likeness (QED) is 0.611. The first-order valence-electron chi connectivity index (χ1n) is 10.3. The molecule has 2 amide bonds. The second-order valence-corrected chi connectivity index (χ2v) is 10.3. The number of imide groups is 1. The zero-order chi connectivity index (χ0) is 20.1. The molecule has 0 spiro atoms. The third-order valence-corrected chi connectivity index (χ3v) is 8.79. The van der Waals surface area contributed by atoms with Crippen molar-refractivity contribution < 1.29 is 18.0 Å². The summed E-state index contributed by atoms with van der Waals surface area (Å²) in [5.41, 5.74) is 0. The first-order valence-corrected chi connectivity index (χ1v) is 11.7. The summed E-state index contributed by atoms with van der Waals surface area (Å²) in [5, 5.41) is 0. The molecule has 0 aromatic rings. The van der Waals surface area contributed by atoms with E-state index in [4.69, 9.17) is 0 Å². The molecule has 3 fully saturated rings. The van der Waals surface area contributed by atoms with Gasteiger partial charge in [-0.3, -0.25) is 14.5 Å². The van der Waals surface area contributed by atoms with Crippen molar-refractivity contribution in [1.29, 1.82) is 0 Å². The monoisotopic (exact) mass is 399 g/mol. The highest BCUT2D eigenvalue weighted by Crippen LogP contribution is 2.49. The van der Waals surface area contributed by atoms with Gasteiger partial charge in [-0.1, -0.05) is 34.6 Å². The van der Waals surface area contributed by atoms with Crippen LogP contribution in [0.3, 0.4) is 0 Å². The van der Waals surface area contributed by atoms with Gasteiger partial charge >= 0.3 is 0 Å². The summed E-state index contributed by atoms with van der Waals surface area (Å²) in [6, 6.07) is -0.757. The van der Waals surface area contributed by atoms with Crippen molar-refractivity contribution in [2.24, 2.45) is 23.7 Å². The molecule has 7 nitrogen and oxygen atoms in total. The Morgan fingerprint density at radius 1 is 1.11 bits per heavy atom. The predicted molar refractivity (Wildman–Crippen MR) is 103 cm³/mol. The van der Waals surface area contributed by atoms with Gasteiger partial charge < -0.3 is 0 Å². The van der Waals surface area contributed by atoms with Crippen LogP contribution < -0.4 is 0 Å².